The maximum absolute atomic E-state index is 14.5. The minimum atomic E-state index is -2.89. The molecule has 0 aliphatic carbocycles. The molecule has 2 heterocycles. The number of fused-ring (bicyclic) bond motifs is 1. The fraction of sp³-hybridized carbons (Fsp3) is 0.350. The smallest absolute Gasteiger partial charge is 0.266 e. The molecule has 0 fully saturated rings. The van der Waals surface area contributed by atoms with Gasteiger partial charge in [-0.25, -0.2) is 28.1 Å². The molecule has 0 aliphatic rings. The van der Waals surface area contributed by atoms with Crippen molar-refractivity contribution in [3.8, 4) is 5.75 Å². The summed E-state index contributed by atoms with van der Waals surface area (Å²) in [7, 11) is 5.21. The lowest BCUT2D eigenvalue weighted by Gasteiger charge is -2.20. The highest BCUT2D eigenvalue weighted by molar-refractivity contribution is 5.89. The zero-order valence-corrected chi connectivity index (χ0v) is 16.8. The Morgan fingerprint density at radius 1 is 1.10 bits per heavy atom. The van der Waals surface area contributed by atoms with Crippen molar-refractivity contribution in [2.24, 2.45) is 0 Å². The number of benzene rings is 1. The second-order valence-corrected chi connectivity index (χ2v) is 6.82. The average molecular weight is 405 g/mol. The Kier molecular flexibility index (Phi) is 5.76. The Labute approximate surface area is 166 Å². The molecule has 0 aliphatic heterocycles. The first-order valence-electron chi connectivity index (χ1n) is 8.96. The van der Waals surface area contributed by atoms with Gasteiger partial charge in [0.25, 0.3) is 6.43 Å². The van der Waals surface area contributed by atoms with Gasteiger partial charge in [0.05, 0.1) is 24.1 Å². The number of alkyl halides is 2. The van der Waals surface area contributed by atoms with Crippen molar-refractivity contribution in [2.45, 2.75) is 26.3 Å². The zero-order valence-electron chi connectivity index (χ0n) is 16.8. The van der Waals surface area contributed by atoms with E-state index in [0.29, 0.717) is 34.2 Å². The average Bonchev–Trinajstić information content (AvgIpc) is 2.66. The predicted molar refractivity (Wildman–Crippen MR) is 106 cm³/mol. The molecule has 0 spiro atoms. The summed E-state index contributed by atoms with van der Waals surface area (Å²) in [6.07, 6.45) is -2.89. The molecule has 29 heavy (non-hydrogen) atoms. The molecule has 1 atom stereocenters. The van der Waals surface area contributed by atoms with E-state index in [1.165, 1.54) is 19.2 Å². The van der Waals surface area contributed by atoms with Crippen molar-refractivity contribution in [2.75, 3.05) is 31.4 Å². The number of anilines is 2. The van der Waals surface area contributed by atoms with Crippen molar-refractivity contribution in [3.63, 3.8) is 0 Å². The Hall–Kier alpha value is -3.10. The molecular formula is C20H22F3N5O. The summed E-state index contributed by atoms with van der Waals surface area (Å²) >= 11 is 0. The lowest BCUT2D eigenvalue weighted by atomic mass is 10.0. The Bertz CT molecular complexity index is 1040. The van der Waals surface area contributed by atoms with E-state index in [4.69, 9.17) is 4.74 Å². The molecule has 0 unspecified atom stereocenters. The van der Waals surface area contributed by atoms with E-state index in [1.54, 1.807) is 24.8 Å². The number of ether oxygens (including phenoxy) is 1. The number of halogens is 3. The second-order valence-electron chi connectivity index (χ2n) is 6.82. The number of methoxy groups -OCH3 is 1. The largest absolute Gasteiger partial charge is 0.493 e. The number of aryl methyl sites for hydroxylation is 1. The van der Waals surface area contributed by atoms with Gasteiger partial charge in [-0.15, -0.1) is 0 Å². The van der Waals surface area contributed by atoms with Gasteiger partial charge in [0.15, 0.2) is 17.2 Å². The van der Waals surface area contributed by atoms with E-state index in [9.17, 15) is 13.2 Å². The first-order valence-corrected chi connectivity index (χ1v) is 8.96. The van der Waals surface area contributed by atoms with E-state index >= 15 is 0 Å². The molecule has 1 N–H and O–H groups in total. The topological polar surface area (TPSA) is 63.2 Å². The van der Waals surface area contributed by atoms with Gasteiger partial charge in [0, 0.05) is 19.7 Å². The summed E-state index contributed by atoms with van der Waals surface area (Å²) in [5, 5.41) is 3.68. The molecule has 0 amide bonds. The molecule has 154 valence electrons. The summed E-state index contributed by atoms with van der Waals surface area (Å²) in [6, 6.07) is 5.09. The van der Waals surface area contributed by atoms with Crippen LogP contribution in [0, 0.1) is 12.7 Å². The van der Waals surface area contributed by atoms with Crippen LogP contribution in [0.3, 0.4) is 0 Å². The van der Waals surface area contributed by atoms with Gasteiger partial charge in [-0.2, -0.15) is 0 Å². The van der Waals surface area contributed by atoms with Gasteiger partial charge >= 0.3 is 0 Å². The molecule has 6 nitrogen and oxygen atoms in total. The summed E-state index contributed by atoms with van der Waals surface area (Å²) in [5.41, 5.74) is -0.0607. The maximum Gasteiger partial charge on any atom is 0.266 e. The number of aromatic nitrogens is 3. The molecule has 0 radical (unpaired) electrons. The highest BCUT2D eigenvalue weighted by Gasteiger charge is 2.21. The molecule has 0 saturated heterocycles. The number of hydrogen-bond donors (Lipinski definition) is 1. The van der Waals surface area contributed by atoms with E-state index in [1.807, 2.05) is 14.1 Å². The Morgan fingerprint density at radius 2 is 1.79 bits per heavy atom. The van der Waals surface area contributed by atoms with Crippen LogP contribution in [0.1, 0.15) is 36.3 Å². The van der Waals surface area contributed by atoms with Crippen LogP contribution >= 0.6 is 0 Å². The highest BCUT2D eigenvalue weighted by atomic mass is 19.3. The van der Waals surface area contributed by atoms with Crippen LogP contribution in [0.15, 0.2) is 24.3 Å². The number of pyridine rings is 1. The summed E-state index contributed by atoms with van der Waals surface area (Å²) in [5.74, 6) is 1.09. The summed E-state index contributed by atoms with van der Waals surface area (Å²) in [4.78, 5) is 15.1. The lowest BCUT2D eigenvalue weighted by Crippen LogP contribution is -2.14. The fourth-order valence-corrected chi connectivity index (χ4v) is 3.07. The van der Waals surface area contributed by atoms with Crippen LogP contribution in [0.25, 0.3) is 11.0 Å². The van der Waals surface area contributed by atoms with Crippen molar-refractivity contribution >= 4 is 22.7 Å². The minimum absolute atomic E-state index is 0.122. The van der Waals surface area contributed by atoms with Crippen LogP contribution in [-0.4, -0.2) is 36.2 Å². The SMILES string of the molecule is COc1cc2c(N[C@H](C)c3cccc(C(F)F)c3F)nc(C)nc2nc1N(C)C. The number of hydrogen-bond acceptors (Lipinski definition) is 6. The quantitative estimate of drug-likeness (QED) is 0.644. The summed E-state index contributed by atoms with van der Waals surface area (Å²) in [6.45, 7) is 3.39. The molecule has 3 aromatic rings. The molecule has 1 aromatic carbocycles. The third-order valence-corrected chi connectivity index (χ3v) is 4.50. The van der Waals surface area contributed by atoms with E-state index in [0.717, 1.165) is 6.07 Å². The number of rotatable bonds is 6. The molecule has 0 saturated carbocycles. The molecule has 2 aromatic heterocycles. The maximum atomic E-state index is 14.5. The molecular weight excluding hydrogens is 383 g/mol. The first-order chi connectivity index (χ1) is 13.7. The van der Waals surface area contributed by atoms with Crippen LogP contribution in [0.4, 0.5) is 24.8 Å². The van der Waals surface area contributed by atoms with Crippen LogP contribution in [0.2, 0.25) is 0 Å². The van der Waals surface area contributed by atoms with Gasteiger partial charge in [0.2, 0.25) is 0 Å². The molecule has 3 rings (SSSR count). The zero-order chi connectivity index (χ0) is 21.3. The standard InChI is InChI=1S/C20H22F3N5O/c1-10(12-7-6-8-13(16(12)21)17(22)23)24-18-14-9-15(29-5)20(28(3)4)27-19(14)26-11(2)25-18/h6-10,17H,1-5H3,(H,24,25,26,27)/t10-/m1/s1. The first kappa shape index (κ1) is 20.6. The van der Waals surface area contributed by atoms with Gasteiger partial charge in [0.1, 0.15) is 17.5 Å². The van der Waals surface area contributed by atoms with E-state index in [-0.39, 0.29) is 5.56 Å². The van der Waals surface area contributed by atoms with E-state index in [2.05, 4.69) is 20.3 Å². The van der Waals surface area contributed by atoms with Crippen LogP contribution in [-0.2, 0) is 0 Å². The van der Waals surface area contributed by atoms with Crippen molar-refractivity contribution in [1.29, 1.82) is 0 Å². The lowest BCUT2D eigenvalue weighted by molar-refractivity contribution is 0.146. The monoisotopic (exact) mass is 405 g/mol. The van der Waals surface area contributed by atoms with Crippen molar-refractivity contribution in [1.82, 2.24) is 15.0 Å². The van der Waals surface area contributed by atoms with E-state index < -0.39 is 23.8 Å². The highest BCUT2D eigenvalue weighted by Crippen LogP contribution is 2.33. The summed E-state index contributed by atoms with van der Waals surface area (Å²) < 4.78 is 46.0. The van der Waals surface area contributed by atoms with Gasteiger partial charge in [-0.05, 0) is 19.9 Å². The van der Waals surface area contributed by atoms with Crippen LogP contribution < -0.4 is 15.0 Å². The van der Waals surface area contributed by atoms with Crippen molar-refractivity contribution < 1.29 is 17.9 Å². The number of nitrogens with one attached hydrogen (secondary N) is 1. The normalized spacial score (nSPS) is 12.3. The molecule has 0 bridgehead atoms. The molecule has 9 heteroatoms. The number of nitrogens with zero attached hydrogens (tertiary/aromatic N) is 4. The van der Waals surface area contributed by atoms with Crippen molar-refractivity contribution in [3.05, 3.63) is 47.0 Å². The van der Waals surface area contributed by atoms with Gasteiger partial charge in [-0.3, -0.25) is 0 Å². The Balaban J connectivity index is 2.07. The second kappa shape index (κ2) is 8.10. The van der Waals surface area contributed by atoms with Crippen LogP contribution in [0.5, 0.6) is 5.75 Å². The minimum Gasteiger partial charge on any atom is -0.493 e. The fourth-order valence-electron chi connectivity index (χ4n) is 3.07. The van der Waals surface area contributed by atoms with Gasteiger partial charge < -0.3 is 15.0 Å². The third kappa shape index (κ3) is 4.03. The van der Waals surface area contributed by atoms with Gasteiger partial charge in [-0.1, -0.05) is 18.2 Å². The Morgan fingerprint density at radius 3 is 2.41 bits per heavy atom. The predicted octanol–water partition coefficient (Wildman–Crippen LogP) is 4.66. The third-order valence-electron chi connectivity index (χ3n) is 4.50.